The minimum atomic E-state index is -0.264. The van der Waals surface area contributed by atoms with Gasteiger partial charge in [0.1, 0.15) is 24.5 Å². The molecule has 4 heterocycles. The molecule has 0 aliphatic carbocycles. The van der Waals surface area contributed by atoms with Gasteiger partial charge in [-0.15, -0.1) is 0 Å². The Hall–Kier alpha value is -4.21. The van der Waals surface area contributed by atoms with Gasteiger partial charge in [-0.3, -0.25) is 9.78 Å². The quantitative estimate of drug-likeness (QED) is 0.263. The minimum Gasteiger partial charge on any atom is -0.486 e. The standard InChI is InChI=1S/C31H32ClN7O2/c1-3-29(40)37-26-15-23-25(16-27(26)39-13-10-31(19-39)9-12-38(2)18-31)34-20-35-30(23)36-21-7-8-28(24(32)14-21)41-17-22-6-4-5-11-33-22/h3-8,11,14-16,20H,1,9-10,12-13,17-19H2,2H3,(H,37,40)(H,34,35,36). The topological polar surface area (TPSA) is 95.5 Å². The maximum atomic E-state index is 12.4. The van der Waals surface area contributed by atoms with E-state index in [2.05, 4.69) is 49.0 Å². The van der Waals surface area contributed by atoms with Crippen LogP contribution in [0.4, 0.5) is 22.9 Å². The van der Waals surface area contributed by atoms with Crippen molar-refractivity contribution in [2.24, 2.45) is 5.41 Å². The van der Waals surface area contributed by atoms with Crippen LogP contribution in [0.15, 0.2) is 73.7 Å². The van der Waals surface area contributed by atoms with Gasteiger partial charge in [-0.25, -0.2) is 9.97 Å². The first kappa shape index (κ1) is 27.0. The second-order valence-electron chi connectivity index (χ2n) is 10.8. The van der Waals surface area contributed by atoms with Crippen molar-refractivity contribution in [1.82, 2.24) is 19.9 Å². The molecule has 0 radical (unpaired) electrons. The molecule has 9 nitrogen and oxygen atoms in total. The van der Waals surface area contributed by atoms with Gasteiger partial charge in [-0.2, -0.15) is 0 Å². The van der Waals surface area contributed by atoms with Gasteiger partial charge in [0.2, 0.25) is 5.91 Å². The van der Waals surface area contributed by atoms with Gasteiger partial charge in [0.25, 0.3) is 0 Å². The molecule has 0 bridgehead atoms. The van der Waals surface area contributed by atoms with E-state index in [0.29, 0.717) is 28.9 Å². The number of fused-ring (bicyclic) bond motifs is 1. The number of rotatable bonds is 8. The summed E-state index contributed by atoms with van der Waals surface area (Å²) in [5.41, 5.74) is 4.29. The Kier molecular flexibility index (Phi) is 7.47. The molecule has 2 aromatic carbocycles. The van der Waals surface area contributed by atoms with Crippen LogP contribution in [0.2, 0.25) is 5.02 Å². The lowest BCUT2D eigenvalue weighted by Crippen LogP contribution is -2.30. The summed E-state index contributed by atoms with van der Waals surface area (Å²) in [6.07, 6.45) is 6.87. The summed E-state index contributed by atoms with van der Waals surface area (Å²) in [6.45, 7) is 8.05. The molecule has 2 saturated heterocycles. The highest BCUT2D eigenvalue weighted by Crippen LogP contribution is 2.43. The zero-order chi connectivity index (χ0) is 28.4. The number of amides is 1. The molecule has 10 heteroatoms. The molecule has 2 aromatic heterocycles. The van der Waals surface area contributed by atoms with Crippen molar-refractivity contribution >= 4 is 51.3 Å². The maximum absolute atomic E-state index is 12.4. The van der Waals surface area contributed by atoms with Crippen LogP contribution in [-0.4, -0.2) is 59.0 Å². The van der Waals surface area contributed by atoms with Crippen molar-refractivity contribution < 1.29 is 9.53 Å². The highest BCUT2D eigenvalue weighted by atomic mass is 35.5. The van der Waals surface area contributed by atoms with Crippen molar-refractivity contribution in [2.45, 2.75) is 19.4 Å². The molecule has 210 valence electrons. The van der Waals surface area contributed by atoms with Crippen LogP contribution in [0.1, 0.15) is 18.5 Å². The fourth-order valence-electron chi connectivity index (χ4n) is 5.84. The van der Waals surface area contributed by atoms with Gasteiger partial charge in [-0.05, 0) is 75.0 Å². The van der Waals surface area contributed by atoms with E-state index in [9.17, 15) is 4.79 Å². The summed E-state index contributed by atoms with van der Waals surface area (Å²) in [5, 5.41) is 7.62. The highest BCUT2D eigenvalue weighted by molar-refractivity contribution is 6.32. The van der Waals surface area contributed by atoms with Crippen molar-refractivity contribution in [3.05, 3.63) is 84.4 Å². The Morgan fingerprint density at radius 3 is 2.76 bits per heavy atom. The molecule has 2 aliphatic heterocycles. The van der Waals surface area contributed by atoms with Crippen molar-refractivity contribution in [3.63, 3.8) is 0 Å². The molecule has 1 atom stereocenters. The van der Waals surface area contributed by atoms with Gasteiger partial charge in [0, 0.05) is 42.3 Å². The predicted molar refractivity (Wildman–Crippen MR) is 163 cm³/mol. The molecule has 2 aliphatic rings. The molecular formula is C31H32ClN7O2. The van der Waals surface area contributed by atoms with Crippen LogP contribution in [0.3, 0.4) is 0 Å². The normalized spacial score (nSPS) is 18.6. The molecule has 0 saturated carbocycles. The monoisotopic (exact) mass is 569 g/mol. The van der Waals surface area contributed by atoms with Crippen molar-refractivity contribution in [2.75, 3.05) is 48.8 Å². The van der Waals surface area contributed by atoms with Crippen LogP contribution in [0.25, 0.3) is 10.9 Å². The van der Waals surface area contributed by atoms with E-state index in [-0.39, 0.29) is 11.3 Å². The summed E-state index contributed by atoms with van der Waals surface area (Å²) in [7, 11) is 2.19. The van der Waals surface area contributed by atoms with Gasteiger partial charge < -0.3 is 25.2 Å². The van der Waals surface area contributed by atoms with E-state index in [4.69, 9.17) is 16.3 Å². The van der Waals surface area contributed by atoms with Gasteiger partial charge in [0.15, 0.2) is 0 Å². The number of carbonyl (C=O) groups is 1. The van der Waals surface area contributed by atoms with E-state index in [1.54, 1.807) is 18.6 Å². The predicted octanol–water partition coefficient (Wildman–Crippen LogP) is 5.66. The number of nitrogens with zero attached hydrogens (tertiary/aromatic N) is 5. The smallest absolute Gasteiger partial charge is 0.247 e. The van der Waals surface area contributed by atoms with Gasteiger partial charge in [-0.1, -0.05) is 24.2 Å². The third kappa shape index (κ3) is 5.82. The molecule has 4 aromatic rings. The SMILES string of the molecule is C=CC(=O)Nc1cc2c(Nc3ccc(OCc4ccccn4)c(Cl)c3)ncnc2cc1N1CCC2(CCN(C)C2)C1. The fraction of sp³-hybridized carbons (Fsp3) is 0.290. The average molecular weight is 570 g/mol. The molecular weight excluding hydrogens is 538 g/mol. The number of aromatic nitrogens is 3. The van der Waals surface area contributed by atoms with E-state index in [1.807, 2.05) is 42.5 Å². The molecule has 1 amide bonds. The van der Waals surface area contributed by atoms with Gasteiger partial charge in [0.05, 0.1) is 27.6 Å². The van der Waals surface area contributed by atoms with Gasteiger partial charge >= 0.3 is 0 Å². The lowest BCUT2D eigenvalue weighted by molar-refractivity contribution is -0.111. The van der Waals surface area contributed by atoms with E-state index in [0.717, 1.165) is 60.6 Å². The maximum Gasteiger partial charge on any atom is 0.247 e. The first-order valence-electron chi connectivity index (χ1n) is 13.7. The lowest BCUT2D eigenvalue weighted by Gasteiger charge is -2.27. The largest absolute Gasteiger partial charge is 0.486 e. The third-order valence-electron chi connectivity index (χ3n) is 7.90. The zero-order valence-corrected chi connectivity index (χ0v) is 23.7. The Balaban J connectivity index is 1.27. The first-order chi connectivity index (χ1) is 19.9. The number of likely N-dealkylation sites (tertiary alicyclic amines) is 1. The molecule has 1 unspecified atom stereocenters. The zero-order valence-electron chi connectivity index (χ0n) is 22.9. The van der Waals surface area contributed by atoms with E-state index >= 15 is 0 Å². The van der Waals surface area contributed by atoms with Crippen LogP contribution < -0.4 is 20.3 Å². The average Bonchev–Trinajstić information content (AvgIpc) is 3.57. The summed E-state index contributed by atoms with van der Waals surface area (Å²) >= 11 is 6.55. The van der Waals surface area contributed by atoms with Crippen molar-refractivity contribution in [3.8, 4) is 5.75 Å². The van der Waals surface area contributed by atoms with Crippen LogP contribution in [-0.2, 0) is 11.4 Å². The van der Waals surface area contributed by atoms with Crippen molar-refractivity contribution in [1.29, 1.82) is 0 Å². The number of anilines is 4. The summed E-state index contributed by atoms with van der Waals surface area (Å²) in [6, 6.07) is 15.1. The van der Waals surface area contributed by atoms with E-state index in [1.165, 1.54) is 12.5 Å². The second-order valence-corrected chi connectivity index (χ2v) is 11.2. The number of ether oxygens (including phenoxy) is 1. The van der Waals surface area contributed by atoms with Crippen LogP contribution >= 0.6 is 11.6 Å². The number of benzene rings is 2. The Bertz CT molecular complexity index is 1600. The van der Waals surface area contributed by atoms with E-state index < -0.39 is 0 Å². The number of pyridine rings is 1. The Labute approximate surface area is 244 Å². The first-order valence-corrected chi connectivity index (χ1v) is 14.0. The molecule has 2 N–H and O–H groups in total. The minimum absolute atomic E-state index is 0.264. The number of carbonyl (C=O) groups excluding carboxylic acids is 1. The highest BCUT2D eigenvalue weighted by Gasteiger charge is 2.43. The Morgan fingerprint density at radius 1 is 1.12 bits per heavy atom. The lowest BCUT2D eigenvalue weighted by atomic mass is 9.86. The summed E-state index contributed by atoms with van der Waals surface area (Å²) in [4.78, 5) is 30.6. The fourth-order valence-corrected chi connectivity index (χ4v) is 6.07. The van der Waals surface area contributed by atoms with Crippen LogP contribution in [0.5, 0.6) is 5.75 Å². The molecule has 1 spiro atoms. The summed E-state index contributed by atoms with van der Waals surface area (Å²) < 4.78 is 5.86. The number of hydrogen-bond donors (Lipinski definition) is 2. The molecule has 41 heavy (non-hydrogen) atoms. The molecule has 6 rings (SSSR count). The summed E-state index contributed by atoms with van der Waals surface area (Å²) in [5.74, 6) is 0.898. The number of hydrogen-bond acceptors (Lipinski definition) is 8. The molecule has 2 fully saturated rings. The number of nitrogens with one attached hydrogen (secondary N) is 2. The second kappa shape index (κ2) is 11.3. The number of halogens is 1. The Morgan fingerprint density at radius 2 is 2.00 bits per heavy atom. The third-order valence-corrected chi connectivity index (χ3v) is 8.20. The van der Waals surface area contributed by atoms with Crippen LogP contribution in [0, 0.1) is 5.41 Å².